The Labute approximate surface area is 161 Å². The highest BCUT2D eigenvalue weighted by molar-refractivity contribution is 7.92. The van der Waals surface area contributed by atoms with Gasteiger partial charge < -0.3 is 9.84 Å². The van der Waals surface area contributed by atoms with Crippen LogP contribution in [-0.4, -0.2) is 19.5 Å². The highest BCUT2D eigenvalue weighted by atomic mass is 35.5. The first-order chi connectivity index (χ1) is 12.8. The van der Waals surface area contributed by atoms with Crippen LogP contribution in [0.2, 0.25) is 5.02 Å². The number of hydrogen-bond donors (Lipinski definition) is 2. The maximum atomic E-state index is 12.5. The minimum atomic E-state index is -3.83. The summed E-state index contributed by atoms with van der Waals surface area (Å²) in [5.74, 6) is 0.0420. The third-order valence-corrected chi connectivity index (χ3v) is 5.63. The van der Waals surface area contributed by atoms with Crippen LogP contribution in [0.5, 0.6) is 0 Å². The highest BCUT2D eigenvalue weighted by Gasteiger charge is 2.18. The molecule has 0 radical (unpaired) electrons. The fourth-order valence-electron chi connectivity index (χ4n) is 2.37. The van der Waals surface area contributed by atoms with Crippen LogP contribution in [0.1, 0.15) is 21.7 Å². The molecule has 0 unspecified atom stereocenters. The minimum absolute atomic E-state index is 0.00456. The van der Waals surface area contributed by atoms with Gasteiger partial charge in [0.05, 0.1) is 11.2 Å². The molecule has 9 heteroatoms. The average Bonchev–Trinajstić information content (AvgIpc) is 3.02. The van der Waals surface area contributed by atoms with E-state index in [1.807, 2.05) is 6.92 Å². The molecule has 0 aliphatic carbocycles. The Balaban J connectivity index is 1.74. The van der Waals surface area contributed by atoms with Gasteiger partial charge in [-0.05, 0) is 55.8 Å². The van der Waals surface area contributed by atoms with Gasteiger partial charge in [0.25, 0.3) is 15.9 Å². The number of hydrogen-bond acceptors (Lipinski definition) is 5. The largest absolute Gasteiger partial charge is 0.361 e. The Kier molecular flexibility index (Phi) is 5.20. The fourth-order valence-corrected chi connectivity index (χ4v) is 4.03. The van der Waals surface area contributed by atoms with E-state index in [1.54, 1.807) is 31.2 Å². The van der Waals surface area contributed by atoms with Gasteiger partial charge in [-0.25, -0.2) is 8.42 Å². The van der Waals surface area contributed by atoms with Crippen molar-refractivity contribution < 1.29 is 17.7 Å². The second-order valence-electron chi connectivity index (χ2n) is 5.87. The van der Waals surface area contributed by atoms with E-state index in [2.05, 4.69) is 15.2 Å². The number of carbonyl (C=O) groups excluding carboxylic acids is 1. The molecule has 2 aromatic carbocycles. The van der Waals surface area contributed by atoms with E-state index in [-0.39, 0.29) is 15.8 Å². The van der Waals surface area contributed by atoms with Gasteiger partial charge in [0.2, 0.25) is 0 Å². The first-order valence-electron chi connectivity index (χ1n) is 7.88. The molecule has 0 atom stereocenters. The summed E-state index contributed by atoms with van der Waals surface area (Å²) in [5, 5.41) is 6.39. The van der Waals surface area contributed by atoms with Crippen LogP contribution in [-0.2, 0) is 10.0 Å². The van der Waals surface area contributed by atoms with Crippen molar-refractivity contribution >= 4 is 38.9 Å². The van der Waals surface area contributed by atoms with Crippen molar-refractivity contribution in [2.75, 3.05) is 10.0 Å². The van der Waals surface area contributed by atoms with Gasteiger partial charge in [-0.2, -0.15) is 0 Å². The Morgan fingerprint density at radius 2 is 1.74 bits per heavy atom. The van der Waals surface area contributed by atoms with Crippen LogP contribution in [0, 0.1) is 13.8 Å². The molecule has 1 aromatic heterocycles. The minimum Gasteiger partial charge on any atom is -0.361 e. The van der Waals surface area contributed by atoms with E-state index in [0.717, 1.165) is 5.56 Å². The standard InChI is InChI=1S/C18H16ClN3O4S/c1-11-3-8-17(16(19)9-11)27(24,25)22-14-6-4-13(5-7-14)21-18(23)15-10-20-26-12(15)2/h3-10,22H,1-2H3,(H,21,23). The molecular formula is C18H16ClN3O4S. The van der Waals surface area contributed by atoms with Gasteiger partial charge >= 0.3 is 0 Å². The van der Waals surface area contributed by atoms with E-state index in [4.69, 9.17) is 16.1 Å². The van der Waals surface area contributed by atoms with E-state index < -0.39 is 10.0 Å². The third-order valence-electron chi connectivity index (χ3n) is 3.77. The Morgan fingerprint density at radius 1 is 1.07 bits per heavy atom. The predicted molar refractivity (Wildman–Crippen MR) is 103 cm³/mol. The number of sulfonamides is 1. The second-order valence-corrected chi connectivity index (χ2v) is 7.92. The Bertz CT molecular complexity index is 1090. The monoisotopic (exact) mass is 405 g/mol. The van der Waals surface area contributed by atoms with Crippen molar-refractivity contribution in [3.05, 3.63) is 70.6 Å². The zero-order valence-electron chi connectivity index (χ0n) is 14.5. The number of carbonyl (C=O) groups is 1. The van der Waals surface area contributed by atoms with Gasteiger partial charge in [0.1, 0.15) is 16.2 Å². The molecule has 0 bridgehead atoms. The van der Waals surface area contributed by atoms with Gasteiger partial charge in [-0.1, -0.05) is 22.8 Å². The van der Waals surface area contributed by atoms with Crippen molar-refractivity contribution in [1.82, 2.24) is 5.16 Å². The number of aromatic nitrogens is 1. The normalized spacial score (nSPS) is 11.2. The lowest BCUT2D eigenvalue weighted by Gasteiger charge is -2.11. The zero-order valence-corrected chi connectivity index (χ0v) is 16.1. The molecule has 0 aliphatic rings. The molecule has 3 rings (SSSR count). The van der Waals surface area contributed by atoms with Crippen molar-refractivity contribution in [2.24, 2.45) is 0 Å². The topological polar surface area (TPSA) is 101 Å². The molecule has 0 saturated heterocycles. The number of rotatable bonds is 5. The van der Waals surface area contributed by atoms with Crippen LogP contribution >= 0.6 is 11.6 Å². The van der Waals surface area contributed by atoms with Crippen molar-refractivity contribution in [1.29, 1.82) is 0 Å². The number of benzene rings is 2. The fraction of sp³-hybridized carbons (Fsp3) is 0.111. The van der Waals surface area contributed by atoms with Crippen LogP contribution in [0.25, 0.3) is 0 Å². The summed E-state index contributed by atoms with van der Waals surface area (Å²) in [6.45, 7) is 3.46. The Hall–Kier alpha value is -2.84. The summed E-state index contributed by atoms with van der Waals surface area (Å²) in [6, 6.07) is 10.9. The van der Waals surface area contributed by atoms with E-state index >= 15 is 0 Å². The molecule has 27 heavy (non-hydrogen) atoms. The summed E-state index contributed by atoms with van der Waals surface area (Å²) < 4.78 is 32.3. The smallest absolute Gasteiger partial charge is 0.263 e. The maximum absolute atomic E-state index is 12.5. The van der Waals surface area contributed by atoms with E-state index in [0.29, 0.717) is 22.7 Å². The van der Waals surface area contributed by atoms with Gasteiger partial charge in [0, 0.05) is 11.4 Å². The number of aryl methyl sites for hydroxylation is 2. The van der Waals surface area contributed by atoms with Crippen LogP contribution in [0.3, 0.4) is 0 Å². The molecule has 1 heterocycles. The molecule has 0 aliphatic heterocycles. The lowest BCUT2D eigenvalue weighted by Crippen LogP contribution is -2.14. The second kappa shape index (κ2) is 7.42. The van der Waals surface area contributed by atoms with Crippen LogP contribution < -0.4 is 10.0 Å². The summed E-state index contributed by atoms with van der Waals surface area (Å²) in [4.78, 5) is 12.1. The lowest BCUT2D eigenvalue weighted by atomic mass is 10.2. The van der Waals surface area contributed by atoms with E-state index in [1.165, 1.54) is 24.4 Å². The Morgan fingerprint density at radius 3 is 2.33 bits per heavy atom. The SMILES string of the molecule is Cc1ccc(S(=O)(=O)Nc2ccc(NC(=O)c3cnoc3C)cc2)c(Cl)c1. The molecule has 1 amide bonds. The molecule has 0 spiro atoms. The van der Waals surface area contributed by atoms with Gasteiger partial charge in [-0.3, -0.25) is 9.52 Å². The van der Waals surface area contributed by atoms with Crippen molar-refractivity contribution in [3.63, 3.8) is 0 Å². The quantitative estimate of drug-likeness (QED) is 0.668. The summed E-state index contributed by atoms with van der Waals surface area (Å²) in [6.07, 6.45) is 1.33. The van der Waals surface area contributed by atoms with E-state index in [9.17, 15) is 13.2 Å². The lowest BCUT2D eigenvalue weighted by molar-refractivity contribution is 0.102. The number of halogens is 1. The zero-order chi connectivity index (χ0) is 19.6. The molecule has 7 nitrogen and oxygen atoms in total. The summed E-state index contributed by atoms with van der Waals surface area (Å²) in [5.41, 5.74) is 2.03. The first kappa shape index (κ1) is 18.9. The average molecular weight is 406 g/mol. The molecular weight excluding hydrogens is 390 g/mol. The first-order valence-corrected chi connectivity index (χ1v) is 9.74. The molecule has 0 saturated carbocycles. The molecule has 0 fully saturated rings. The highest BCUT2D eigenvalue weighted by Crippen LogP contribution is 2.25. The summed E-state index contributed by atoms with van der Waals surface area (Å²) >= 11 is 6.04. The van der Waals surface area contributed by atoms with Gasteiger partial charge in [-0.15, -0.1) is 0 Å². The number of nitrogens with one attached hydrogen (secondary N) is 2. The van der Waals surface area contributed by atoms with Crippen molar-refractivity contribution in [2.45, 2.75) is 18.7 Å². The number of amides is 1. The van der Waals surface area contributed by atoms with Gasteiger partial charge in [0.15, 0.2) is 0 Å². The van der Waals surface area contributed by atoms with Crippen molar-refractivity contribution in [3.8, 4) is 0 Å². The number of anilines is 2. The molecule has 2 N–H and O–H groups in total. The maximum Gasteiger partial charge on any atom is 0.263 e. The van der Waals surface area contributed by atoms with Crippen LogP contribution in [0.4, 0.5) is 11.4 Å². The van der Waals surface area contributed by atoms with Crippen LogP contribution in [0.15, 0.2) is 58.1 Å². The molecule has 140 valence electrons. The number of nitrogens with zero attached hydrogens (tertiary/aromatic N) is 1. The predicted octanol–water partition coefficient (Wildman–Crippen LogP) is 4.00. The third kappa shape index (κ3) is 4.29. The summed E-state index contributed by atoms with van der Waals surface area (Å²) in [7, 11) is -3.83. The molecule has 3 aromatic rings.